The maximum Gasteiger partial charge on any atom is 0.212 e. The van der Waals surface area contributed by atoms with Crippen molar-refractivity contribution in [2.45, 2.75) is 10.9 Å². The molecule has 0 atom stereocenters. The van der Waals surface area contributed by atoms with E-state index in [0.29, 0.717) is 0 Å². The summed E-state index contributed by atoms with van der Waals surface area (Å²) in [4.78, 5) is 4.34. The zero-order valence-corrected chi connectivity index (χ0v) is 14.9. The number of hydrogen-bond acceptors (Lipinski definition) is 5. The number of nitrogens with zero attached hydrogens (tertiary/aromatic N) is 5. The predicted octanol–water partition coefficient (Wildman–Crippen LogP) is 4.24. The van der Waals surface area contributed by atoms with E-state index in [1.807, 2.05) is 42.5 Å². The number of fused-ring (bicyclic) bond motifs is 1. The molecule has 0 radical (unpaired) electrons. The molecule has 0 fully saturated rings. The third-order valence-corrected chi connectivity index (χ3v) is 4.96. The number of pyridine rings is 1. The van der Waals surface area contributed by atoms with Crippen LogP contribution in [-0.4, -0.2) is 24.8 Å². The Balaban J connectivity index is 1.62. The standard InChI is InChI=1S/C17H12BrN5S/c18-13-6-4-12(5-7-13)11-24-17-21-20-16-9-8-15(22-23(16)17)14-3-1-2-10-19-14/h1-10H,11H2. The molecule has 0 spiro atoms. The van der Waals surface area contributed by atoms with E-state index in [1.54, 1.807) is 22.5 Å². The van der Waals surface area contributed by atoms with Crippen LogP contribution in [0.2, 0.25) is 0 Å². The molecule has 118 valence electrons. The van der Waals surface area contributed by atoms with Gasteiger partial charge < -0.3 is 0 Å². The van der Waals surface area contributed by atoms with Crippen molar-refractivity contribution in [3.63, 3.8) is 0 Å². The van der Waals surface area contributed by atoms with E-state index in [2.05, 4.69) is 48.3 Å². The zero-order chi connectivity index (χ0) is 16.4. The molecule has 0 aliphatic rings. The average molecular weight is 398 g/mol. The smallest absolute Gasteiger partial charge is 0.212 e. The summed E-state index contributed by atoms with van der Waals surface area (Å²) >= 11 is 5.06. The molecule has 0 saturated heterocycles. The molecule has 0 saturated carbocycles. The van der Waals surface area contributed by atoms with Crippen LogP contribution in [0.5, 0.6) is 0 Å². The van der Waals surface area contributed by atoms with Crippen molar-refractivity contribution in [3.05, 3.63) is 70.8 Å². The van der Waals surface area contributed by atoms with Gasteiger partial charge in [-0.15, -0.1) is 10.2 Å². The van der Waals surface area contributed by atoms with Gasteiger partial charge in [0, 0.05) is 16.4 Å². The van der Waals surface area contributed by atoms with Gasteiger partial charge in [-0.05, 0) is 42.0 Å². The summed E-state index contributed by atoms with van der Waals surface area (Å²) in [5.74, 6) is 0.809. The molecular weight excluding hydrogens is 386 g/mol. The molecule has 4 aromatic rings. The molecule has 1 aromatic carbocycles. The lowest BCUT2D eigenvalue weighted by Gasteiger charge is -2.03. The van der Waals surface area contributed by atoms with Crippen molar-refractivity contribution in [2.75, 3.05) is 0 Å². The first-order valence-corrected chi connectivity index (χ1v) is 9.08. The van der Waals surface area contributed by atoms with Crippen LogP contribution >= 0.6 is 27.7 Å². The summed E-state index contributed by atoms with van der Waals surface area (Å²) in [6, 6.07) is 17.9. The highest BCUT2D eigenvalue weighted by Crippen LogP contribution is 2.23. The Kier molecular flexibility index (Phi) is 4.27. The zero-order valence-electron chi connectivity index (χ0n) is 12.5. The topological polar surface area (TPSA) is 56.0 Å². The highest BCUT2D eigenvalue weighted by atomic mass is 79.9. The van der Waals surface area contributed by atoms with Crippen LogP contribution in [0.3, 0.4) is 0 Å². The molecule has 0 N–H and O–H groups in total. The van der Waals surface area contributed by atoms with Crippen molar-refractivity contribution in [1.29, 1.82) is 0 Å². The molecule has 0 bridgehead atoms. The lowest BCUT2D eigenvalue weighted by molar-refractivity contribution is 0.811. The van der Waals surface area contributed by atoms with Gasteiger partial charge in [0.25, 0.3) is 0 Å². The molecule has 0 amide bonds. The first-order valence-electron chi connectivity index (χ1n) is 7.31. The lowest BCUT2D eigenvalue weighted by Crippen LogP contribution is -1.97. The van der Waals surface area contributed by atoms with Crippen LogP contribution in [0, 0.1) is 0 Å². The van der Waals surface area contributed by atoms with E-state index >= 15 is 0 Å². The Labute approximate surface area is 151 Å². The monoisotopic (exact) mass is 397 g/mol. The van der Waals surface area contributed by atoms with Crippen molar-refractivity contribution in [1.82, 2.24) is 24.8 Å². The summed E-state index contributed by atoms with van der Waals surface area (Å²) < 4.78 is 2.85. The fourth-order valence-electron chi connectivity index (χ4n) is 2.24. The highest BCUT2D eigenvalue weighted by molar-refractivity contribution is 9.10. The Bertz CT molecular complexity index is 969. The second-order valence-electron chi connectivity index (χ2n) is 5.10. The van der Waals surface area contributed by atoms with Crippen LogP contribution in [0.15, 0.2) is 70.4 Å². The fourth-order valence-corrected chi connectivity index (χ4v) is 3.35. The van der Waals surface area contributed by atoms with Crippen LogP contribution in [0.1, 0.15) is 5.56 Å². The van der Waals surface area contributed by atoms with E-state index in [1.165, 1.54) is 5.56 Å². The molecule has 4 rings (SSSR count). The number of thioether (sulfide) groups is 1. The van der Waals surface area contributed by atoms with Crippen molar-refractivity contribution in [2.24, 2.45) is 0 Å². The molecule has 3 aromatic heterocycles. The lowest BCUT2D eigenvalue weighted by atomic mass is 10.2. The molecule has 3 heterocycles. The second-order valence-corrected chi connectivity index (χ2v) is 6.96. The first kappa shape index (κ1) is 15.3. The van der Waals surface area contributed by atoms with Crippen LogP contribution in [-0.2, 0) is 5.75 Å². The van der Waals surface area contributed by atoms with Gasteiger partial charge in [-0.1, -0.05) is 45.9 Å². The first-order chi connectivity index (χ1) is 11.8. The minimum absolute atomic E-state index is 0.730. The summed E-state index contributed by atoms with van der Waals surface area (Å²) in [5, 5.41) is 13.8. The Morgan fingerprint density at radius 1 is 0.917 bits per heavy atom. The van der Waals surface area contributed by atoms with E-state index in [4.69, 9.17) is 0 Å². The maximum atomic E-state index is 4.63. The minimum atomic E-state index is 0.730. The Morgan fingerprint density at radius 2 is 1.79 bits per heavy atom. The average Bonchev–Trinajstić information content (AvgIpc) is 3.04. The van der Waals surface area contributed by atoms with Gasteiger partial charge in [0.15, 0.2) is 5.65 Å². The van der Waals surface area contributed by atoms with Gasteiger partial charge in [-0.2, -0.15) is 9.61 Å². The third-order valence-electron chi connectivity index (χ3n) is 3.44. The summed E-state index contributed by atoms with van der Waals surface area (Å²) in [6.45, 7) is 0. The normalized spacial score (nSPS) is 11.0. The molecule has 0 aliphatic heterocycles. The van der Waals surface area contributed by atoms with Gasteiger partial charge in [0.05, 0.1) is 5.69 Å². The second kappa shape index (κ2) is 6.70. The maximum absolute atomic E-state index is 4.63. The van der Waals surface area contributed by atoms with Gasteiger partial charge >= 0.3 is 0 Å². The van der Waals surface area contributed by atoms with E-state index < -0.39 is 0 Å². The van der Waals surface area contributed by atoms with Crippen LogP contribution in [0.25, 0.3) is 17.0 Å². The van der Waals surface area contributed by atoms with Crippen molar-refractivity contribution >= 4 is 33.3 Å². The SMILES string of the molecule is Brc1ccc(CSc2nnc3ccc(-c4ccccn4)nn23)cc1. The van der Waals surface area contributed by atoms with Crippen molar-refractivity contribution in [3.8, 4) is 11.4 Å². The Morgan fingerprint density at radius 3 is 2.58 bits per heavy atom. The number of rotatable bonds is 4. The van der Waals surface area contributed by atoms with Gasteiger partial charge in [-0.25, -0.2) is 0 Å². The van der Waals surface area contributed by atoms with E-state index in [-0.39, 0.29) is 0 Å². The van der Waals surface area contributed by atoms with Gasteiger partial charge in [-0.3, -0.25) is 4.98 Å². The van der Waals surface area contributed by atoms with Gasteiger partial charge in [0.2, 0.25) is 5.16 Å². The molecule has 24 heavy (non-hydrogen) atoms. The minimum Gasteiger partial charge on any atom is -0.255 e. The molecule has 0 unspecified atom stereocenters. The predicted molar refractivity (Wildman–Crippen MR) is 97.7 cm³/mol. The van der Waals surface area contributed by atoms with E-state index in [0.717, 1.165) is 32.4 Å². The number of benzene rings is 1. The van der Waals surface area contributed by atoms with E-state index in [9.17, 15) is 0 Å². The summed E-state index contributed by atoms with van der Waals surface area (Å²) in [7, 11) is 0. The molecule has 7 heteroatoms. The third kappa shape index (κ3) is 3.18. The summed E-state index contributed by atoms with van der Waals surface area (Å²) in [6.07, 6.45) is 1.76. The fraction of sp³-hybridized carbons (Fsp3) is 0.0588. The van der Waals surface area contributed by atoms with Crippen LogP contribution in [0.4, 0.5) is 0 Å². The Hall–Kier alpha value is -2.25. The number of hydrogen-bond donors (Lipinski definition) is 0. The van der Waals surface area contributed by atoms with Gasteiger partial charge in [0.1, 0.15) is 5.69 Å². The molecule has 0 aliphatic carbocycles. The summed E-state index contributed by atoms with van der Waals surface area (Å²) in [5.41, 5.74) is 3.58. The highest BCUT2D eigenvalue weighted by Gasteiger charge is 2.10. The number of halogens is 1. The largest absolute Gasteiger partial charge is 0.255 e. The van der Waals surface area contributed by atoms with Crippen LogP contribution < -0.4 is 0 Å². The van der Waals surface area contributed by atoms with Crippen molar-refractivity contribution < 1.29 is 0 Å². The molecule has 5 nitrogen and oxygen atoms in total. The number of aromatic nitrogens is 5. The quantitative estimate of drug-likeness (QED) is 0.482. The molecular formula is C17H12BrN5S.